The summed E-state index contributed by atoms with van der Waals surface area (Å²) in [4.78, 5) is 26.8. The zero-order chi connectivity index (χ0) is 35.1. The first-order valence-electron chi connectivity index (χ1n) is 16.9. The standard InChI is InChI=1S/C43H43NO6/c1-29-13-15-31(16-14-29)26-47-33-21-19-32(20-22-33)27-48-41(45)40(25-30-17-23-34(24-18-30)50-43(2,3)4)44-42(46)49-28-39-37-11-7-5-9-35(37)36-10-6-8-12-38(36)39/h5-24,39-40H,25-28H2,1-4H3,(H,44,46)/t40-/m0/s1. The molecule has 256 valence electrons. The molecule has 0 saturated heterocycles. The van der Waals surface area contributed by atoms with Gasteiger partial charge in [0.25, 0.3) is 0 Å². The zero-order valence-corrected chi connectivity index (χ0v) is 29.0. The number of benzene rings is 5. The van der Waals surface area contributed by atoms with Crippen LogP contribution in [0.15, 0.2) is 121 Å². The van der Waals surface area contributed by atoms with E-state index in [4.69, 9.17) is 18.9 Å². The molecule has 5 aromatic rings. The molecule has 7 heteroatoms. The molecule has 7 nitrogen and oxygen atoms in total. The highest BCUT2D eigenvalue weighted by Gasteiger charge is 2.30. The number of carbonyl (C=O) groups is 2. The van der Waals surface area contributed by atoms with Crippen LogP contribution in [0.2, 0.25) is 0 Å². The number of hydrogen-bond donors (Lipinski definition) is 1. The van der Waals surface area contributed by atoms with E-state index < -0.39 is 18.1 Å². The number of hydrogen-bond acceptors (Lipinski definition) is 6. The molecule has 0 unspecified atom stereocenters. The molecule has 1 N–H and O–H groups in total. The maximum absolute atomic E-state index is 13.5. The molecule has 0 spiro atoms. The molecule has 5 aromatic carbocycles. The molecule has 0 saturated carbocycles. The summed E-state index contributed by atoms with van der Waals surface area (Å²) >= 11 is 0. The van der Waals surface area contributed by atoms with Crippen molar-refractivity contribution in [2.75, 3.05) is 6.61 Å². The fourth-order valence-electron chi connectivity index (χ4n) is 6.05. The molecular formula is C43H43NO6. The highest BCUT2D eigenvalue weighted by Crippen LogP contribution is 2.44. The number of carbonyl (C=O) groups excluding carboxylic acids is 2. The second-order valence-electron chi connectivity index (χ2n) is 13.6. The van der Waals surface area contributed by atoms with Crippen LogP contribution in [-0.4, -0.2) is 30.3 Å². The van der Waals surface area contributed by atoms with E-state index in [0.29, 0.717) is 12.4 Å². The Balaban J connectivity index is 1.09. The van der Waals surface area contributed by atoms with E-state index in [1.165, 1.54) is 5.56 Å². The SMILES string of the molecule is Cc1ccc(COc2ccc(COC(=O)[C@H](Cc3ccc(OC(C)(C)C)cc3)NC(=O)OCC3c4ccccc4-c4ccccc43)cc2)cc1. The molecule has 0 heterocycles. The van der Waals surface area contributed by atoms with Gasteiger partial charge in [-0.3, -0.25) is 0 Å². The van der Waals surface area contributed by atoms with Crippen molar-refractivity contribution >= 4 is 12.1 Å². The van der Waals surface area contributed by atoms with Crippen molar-refractivity contribution in [2.24, 2.45) is 0 Å². The summed E-state index contributed by atoms with van der Waals surface area (Å²) in [7, 11) is 0. The maximum Gasteiger partial charge on any atom is 0.407 e. The zero-order valence-electron chi connectivity index (χ0n) is 29.0. The maximum atomic E-state index is 13.5. The monoisotopic (exact) mass is 669 g/mol. The minimum absolute atomic E-state index is 0.0400. The lowest BCUT2D eigenvalue weighted by Crippen LogP contribution is -2.43. The number of ether oxygens (including phenoxy) is 4. The van der Waals surface area contributed by atoms with E-state index >= 15 is 0 Å². The molecular weight excluding hydrogens is 626 g/mol. The van der Waals surface area contributed by atoms with Crippen molar-refractivity contribution < 1.29 is 28.5 Å². The van der Waals surface area contributed by atoms with Crippen LogP contribution in [0.25, 0.3) is 11.1 Å². The Kier molecular flexibility index (Phi) is 10.5. The first-order chi connectivity index (χ1) is 24.1. The van der Waals surface area contributed by atoms with Crippen LogP contribution in [0.3, 0.4) is 0 Å². The third-order valence-corrected chi connectivity index (χ3v) is 8.54. The summed E-state index contributed by atoms with van der Waals surface area (Å²) < 4.78 is 23.4. The first kappa shape index (κ1) is 34.3. The average Bonchev–Trinajstić information content (AvgIpc) is 3.43. The van der Waals surface area contributed by atoms with Gasteiger partial charge in [-0.1, -0.05) is 103 Å². The third kappa shape index (κ3) is 8.91. The molecule has 0 radical (unpaired) electrons. The molecule has 1 aliphatic carbocycles. The lowest BCUT2D eigenvalue weighted by molar-refractivity contribution is -0.147. The molecule has 50 heavy (non-hydrogen) atoms. The van der Waals surface area contributed by atoms with E-state index in [1.54, 1.807) is 0 Å². The smallest absolute Gasteiger partial charge is 0.407 e. The fourth-order valence-corrected chi connectivity index (χ4v) is 6.05. The summed E-state index contributed by atoms with van der Waals surface area (Å²) in [5.74, 6) is 0.775. The Morgan fingerprint density at radius 2 is 1.20 bits per heavy atom. The van der Waals surface area contributed by atoms with Gasteiger partial charge in [0, 0.05) is 12.3 Å². The number of amides is 1. The highest BCUT2D eigenvalue weighted by molar-refractivity contribution is 5.82. The van der Waals surface area contributed by atoms with Gasteiger partial charge in [-0.25, -0.2) is 9.59 Å². The summed E-state index contributed by atoms with van der Waals surface area (Å²) in [6.07, 6.45) is -0.471. The van der Waals surface area contributed by atoms with Crippen LogP contribution in [0.5, 0.6) is 11.5 Å². The van der Waals surface area contributed by atoms with Crippen molar-refractivity contribution in [3.8, 4) is 22.6 Å². The lowest BCUT2D eigenvalue weighted by atomic mass is 9.98. The second-order valence-corrected chi connectivity index (χ2v) is 13.6. The van der Waals surface area contributed by atoms with Gasteiger partial charge in [-0.15, -0.1) is 0 Å². The Hall–Kier alpha value is -5.56. The Morgan fingerprint density at radius 3 is 1.82 bits per heavy atom. The van der Waals surface area contributed by atoms with Crippen molar-refractivity contribution in [3.63, 3.8) is 0 Å². The van der Waals surface area contributed by atoms with Crippen LogP contribution in [0, 0.1) is 6.92 Å². The van der Waals surface area contributed by atoms with Gasteiger partial charge >= 0.3 is 12.1 Å². The number of fused-ring (bicyclic) bond motifs is 3. The normalized spacial score (nSPS) is 12.7. The van der Waals surface area contributed by atoms with E-state index in [2.05, 4.69) is 48.6 Å². The second kappa shape index (κ2) is 15.3. The molecule has 0 aromatic heterocycles. The van der Waals surface area contributed by atoms with E-state index in [9.17, 15) is 9.59 Å². The first-order valence-corrected chi connectivity index (χ1v) is 16.9. The minimum Gasteiger partial charge on any atom is -0.489 e. The summed E-state index contributed by atoms with van der Waals surface area (Å²) in [6.45, 7) is 8.64. The third-order valence-electron chi connectivity index (χ3n) is 8.54. The van der Waals surface area contributed by atoms with Crippen LogP contribution < -0.4 is 14.8 Å². The number of esters is 1. The van der Waals surface area contributed by atoms with Gasteiger partial charge < -0.3 is 24.3 Å². The van der Waals surface area contributed by atoms with Gasteiger partial charge in [0.15, 0.2) is 0 Å². The molecule has 1 atom stereocenters. The largest absolute Gasteiger partial charge is 0.489 e. The van der Waals surface area contributed by atoms with Crippen molar-refractivity contribution in [1.82, 2.24) is 5.32 Å². The van der Waals surface area contributed by atoms with Crippen LogP contribution in [-0.2, 0) is 33.9 Å². The summed E-state index contributed by atoms with van der Waals surface area (Å²) in [5, 5.41) is 2.78. The Bertz CT molecular complexity index is 1860. The van der Waals surface area contributed by atoms with Crippen LogP contribution in [0.4, 0.5) is 4.79 Å². The average molecular weight is 670 g/mol. The minimum atomic E-state index is -0.975. The van der Waals surface area contributed by atoms with Gasteiger partial charge in [-0.05, 0) is 90.9 Å². The topological polar surface area (TPSA) is 83.1 Å². The van der Waals surface area contributed by atoms with Crippen LogP contribution >= 0.6 is 0 Å². The lowest BCUT2D eigenvalue weighted by Gasteiger charge is -2.22. The molecule has 6 rings (SSSR count). The molecule has 1 amide bonds. The van der Waals surface area contributed by atoms with Crippen LogP contribution in [0.1, 0.15) is 60.1 Å². The molecule has 0 aliphatic heterocycles. The van der Waals surface area contributed by atoms with Gasteiger partial charge in [0.1, 0.15) is 43.0 Å². The van der Waals surface area contributed by atoms with Gasteiger partial charge in [-0.2, -0.15) is 0 Å². The highest BCUT2D eigenvalue weighted by atomic mass is 16.6. The van der Waals surface area contributed by atoms with Crippen molar-refractivity contribution in [2.45, 2.75) is 64.9 Å². The number of aryl methyl sites for hydroxylation is 1. The van der Waals surface area contributed by atoms with E-state index in [0.717, 1.165) is 44.7 Å². The molecule has 0 fully saturated rings. The van der Waals surface area contributed by atoms with Gasteiger partial charge in [0.2, 0.25) is 0 Å². The number of nitrogens with one attached hydrogen (secondary N) is 1. The summed E-state index contributed by atoms with van der Waals surface area (Å²) in [6, 6.07) is 38.5. The van der Waals surface area contributed by atoms with E-state index in [1.807, 2.05) is 106 Å². The molecule has 1 aliphatic rings. The van der Waals surface area contributed by atoms with Crippen molar-refractivity contribution in [1.29, 1.82) is 0 Å². The van der Waals surface area contributed by atoms with E-state index in [-0.39, 0.29) is 31.2 Å². The number of rotatable bonds is 12. The Morgan fingerprint density at radius 1 is 0.660 bits per heavy atom. The fraction of sp³-hybridized carbons (Fsp3) is 0.256. The van der Waals surface area contributed by atoms with Crippen molar-refractivity contribution in [3.05, 3.63) is 155 Å². The number of alkyl carbamates (subject to hydrolysis) is 1. The Labute approximate surface area is 294 Å². The predicted molar refractivity (Wildman–Crippen MR) is 194 cm³/mol. The quantitative estimate of drug-likeness (QED) is 0.134. The molecule has 0 bridgehead atoms. The predicted octanol–water partition coefficient (Wildman–Crippen LogP) is 8.94. The van der Waals surface area contributed by atoms with Gasteiger partial charge in [0.05, 0.1) is 0 Å². The summed E-state index contributed by atoms with van der Waals surface area (Å²) in [5.41, 5.74) is 8.08.